The predicted octanol–water partition coefficient (Wildman–Crippen LogP) is 2.93. The normalized spacial score (nSPS) is 19.2. The molecule has 2 aromatic rings. The van der Waals surface area contributed by atoms with Crippen LogP contribution < -0.4 is 0 Å². The van der Waals surface area contributed by atoms with Gasteiger partial charge < -0.3 is 0 Å². The molecule has 0 bridgehead atoms. The molecular formula is C14H17ClF2N4O2S. The van der Waals surface area contributed by atoms with Gasteiger partial charge in [0.2, 0.25) is 0 Å². The predicted molar refractivity (Wildman–Crippen MR) is 85.0 cm³/mol. The summed E-state index contributed by atoms with van der Waals surface area (Å²) in [5.74, 6) is -2.98. The number of alkyl halides is 2. The Labute approximate surface area is 143 Å². The number of piperidine rings is 1. The van der Waals surface area contributed by atoms with E-state index in [1.165, 1.54) is 16.8 Å². The van der Waals surface area contributed by atoms with E-state index in [0.717, 1.165) is 4.31 Å². The number of nitrogens with zero attached hydrogens (tertiary/aromatic N) is 4. The third-order valence-electron chi connectivity index (χ3n) is 4.05. The zero-order chi connectivity index (χ0) is 17.7. The van der Waals surface area contributed by atoms with Gasteiger partial charge in [0.05, 0.1) is 5.69 Å². The van der Waals surface area contributed by atoms with Gasteiger partial charge in [0.15, 0.2) is 5.03 Å². The summed E-state index contributed by atoms with van der Waals surface area (Å²) in [5, 5.41) is 0.172. The minimum atomic E-state index is -3.97. The second-order valence-corrected chi connectivity index (χ2v) is 8.40. The zero-order valence-electron chi connectivity index (χ0n) is 13.2. The fourth-order valence-electron chi connectivity index (χ4n) is 2.73. The van der Waals surface area contributed by atoms with Crippen molar-refractivity contribution in [2.24, 2.45) is 0 Å². The second kappa shape index (κ2) is 5.89. The van der Waals surface area contributed by atoms with Crippen molar-refractivity contribution in [1.29, 1.82) is 0 Å². The molecule has 3 rings (SSSR count). The van der Waals surface area contributed by atoms with Crippen molar-refractivity contribution in [2.75, 3.05) is 13.1 Å². The minimum absolute atomic E-state index is 0.0260. The Balaban J connectivity index is 2.12. The van der Waals surface area contributed by atoms with Gasteiger partial charge >= 0.3 is 0 Å². The van der Waals surface area contributed by atoms with Crippen LogP contribution in [-0.4, -0.2) is 46.1 Å². The number of imidazole rings is 1. The van der Waals surface area contributed by atoms with E-state index < -0.39 is 28.8 Å². The molecule has 0 saturated carbocycles. The average molecular weight is 379 g/mol. The van der Waals surface area contributed by atoms with E-state index in [9.17, 15) is 17.2 Å². The number of aromatic nitrogens is 3. The zero-order valence-corrected chi connectivity index (χ0v) is 14.8. The number of halogens is 3. The Morgan fingerprint density at radius 3 is 2.50 bits per heavy atom. The number of hydrogen-bond donors (Lipinski definition) is 0. The fraction of sp³-hybridized carbons (Fsp3) is 0.571. The molecule has 0 N–H and O–H groups in total. The lowest BCUT2D eigenvalue weighted by Gasteiger charge is -2.31. The van der Waals surface area contributed by atoms with E-state index in [-0.39, 0.29) is 29.2 Å². The maximum atomic E-state index is 13.3. The summed E-state index contributed by atoms with van der Waals surface area (Å²) >= 11 is 5.85. The molecule has 1 saturated heterocycles. The molecule has 3 heterocycles. The topological polar surface area (TPSA) is 67.6 Å². The second-order valence-electron chi connectivity index (χ2n) is 6.16. The average Bonchev–Trinajstić information content (AvgIpc) is 2.86. The van der Waals surface area contributed by atoms with Gasteiger partial charge in [0.25, 0.3) is 15.9 Å². The Bertz CT molecular complexity index is 872. The lowest BCUT2D eigenvalue weighted by molar-refractivity contribution is -0.0412. The standard InChI is InChI=1S/C14H17ClF2N4O2S/c1-9(2)12-13(21-8-18-10(15)7-11(21)19-12)24(22,23)20-5-3-14(16,17)4-6-20/h7-9H,3-6H2,1-2H3. The molecule has 10 heteroatoms. The van der Waals surface area contributed by atoms with Crippen LogP contribution in [0.25, 0.3) is 5.65 Å². The maximum absolute atomic E-state index is 13.3. The monoisotopic (exact) mass is 378 g/mol. The largest absolute Gasteiger partial charge is 0.272 e. The Hall–Kier alpha value is -1.32. The first-order valence-corrected chi connectivity index (χ1v) is 9.35. The number of sulfonamides is 1. The SMILES string of the molecule is CC(C)c1nc2cc(Cl)ncn2c1S(=O)(=O)N1CCC(F)(F)CC1. The van der Waals surface area contributed by atoms with E-state index in [1.54, 1.807) is 0 Å². The van der Waals surface area contributed by atoms with Gasteiger partial charge in [-0.25, -0.2) is 27.2 Å². The number of rotatable bonds is 3. The smallest absolute Gasteiger partial charge is 0.261 e. The highest BCUT2D eigenvalue weighted by atomic mass is 35.5. The highest BCUT2D eigenvalue weighted by Gasteiger charge is 2.40. The Kier molecular flexibility index (Phi) is 4.29. The van der Waals surface area contributed by atoms with Gasteiger partial charge in [-0.05, 0) is 5.92 Å². The summed E-state index contributed by atoms with van der Waals surface area (Å²) in [6, 6.07) is 1.47. The van der Waals surface area contributed by atoms with Crippen LogP contribution in [0.15, 0.2) is 17.4 Å². The van der Waals surface area contributed by atoms with Gasteiger partial charge in [-0.1, -0.05) is 25.4 Å². The number of hydrogen-bond acceptors (Lipinski definition) is 4. The minimum Gasteiger partial charge on any atom is -0.272 e. The molecule has 2 aromatic heterocycles. The highest BCUT2D eigenvalue weighted by Crippen LogP contribution is 2.33. The summed E-state index contributed by atoms with van der Waals surface area (Å²) in [6.45, 7) is 3.20. The molecule has 0 radical (unpaired) electrons. The van der Waals surface area contributed by atoms with Crippen LogP contribution in [0.4, 0.5) is 8.78 Å². The first kappa shape index (κ1) is 17.5. The van der Waals surface area contributed by atoms with Crippen LogP contribution in [-0.2, 0) is 10.0 Å². The third kappa shape index (κ3) is 3.00. The van der Waals surface area contributed by atoms with E-state index >= 15 is 0 Å². The van der Waals surface area contributed by atoms with E-state index in [4.69, 9.17) is 11.6 Å². The molecule has 6 nitrogen and oxygen atoms in total. The van der Waals surface area contributed by atoms with E-state index in [1.807, 2.05) is 13.8 Å². The molecule has 132 valence electrons. The van der Waals surface area contributed by atoms with Gasteiger partial charge in [0, 0.05) is 32.0 Å². The fourth-order valence-corrected chi connectivity index (χ4v) is 4.72. The lowest BCUT2D eigenvalue weighted by atomic mass is 10.1. The van der Waals surface area contributed by atoms with Crippen molar-refractivity contribution in [1.82, 2.24) is 18.7 Å². The van der Waals surface area contributed by atoms with Crippen molar-refractivity contribution in [3.05, 3.63) is 23.2 Å². The molecule has 0 atom stereocenters. The maximum Gasteiger partial charge on any atom is 0.261 e. The van der Waals surface area contributed by atoms with Crippen LogP contribution in [0, 0.1) is 0 Å². The molecule has 0 unspecified atom stereocenters. The van der Waals surface area contributed by atoms with Crippen LogP contribution in [0.5, 0.6) is 0 Å². The lowest BCUT2D eigenvalue weighted by Crippen LogP contribution is -2.43. The summed E-state index contributed by atoms with van der Waals surface area (Å²) in [7, 11) is -3.97. The van der Waals surface area contributed by atoms with Crippen molar-refractivity contribution in [3.8, 4) is 0 Å². The first-order valence-electron chi connectivity index (χ1n) is 7.53. The van der Waals surface area contributed by atoms with Crippen molar-refractivity contribution in [3.63, 3.8) is 0 Å². The van der Waals surface area contributed by atoms with Crippen molar-refractivity contribution >= 4 is 27.3 Å². The van der Waals surface area contributed by atoms with Gasteiger partial charge in [-0.15, -0.1) is 0 Å². The molecule has 0 aliphatic carbocycles. The van der Waals surface area contributed by atoms with Crippen molar-refractivity contribution < 1.29 is 17.2 Å². The van der Waals surface area contributed by atoms with Gasteiger partial charge in [-0.2, -0.15) is 4.31 Å². The summed E-state index contributed by atoms with van der Waals surface area (Å²) in [5.41, 5.74) is 0.732. The molecular weight excluding hydrogens is 362 g/mol. The summed E-state index contributed by atoms with van der Waals surface area (Å²) in [6.07, 6.45) is 0.329. The van der Waals surface area contributed by atoms with E-state index in [0.29, 0.717) is 11.3 Å². The summed E-state index contributed by atoms with van der Waals surface area (Å²) < 4.78 is 55.2. The van der Waals surface area contributed by atoms with Crippen LogP contribution in [0.2, 0.25) is 5.15 Å². The van der Waals surface area contributed by atoms with Gasteiger partial charge in [-0.3, -0.25) is 4.40 Å². The van der Waals surface area contributed by atoms with Gasteiger partial charge in [0.1, 0.15) is 17.1 Å². The molecule has 1 aliphatic heterocycles. The van der Waals surface area contributed by atoms with Crippen LogP contribution >= 0.6 is 11.6 Å². The molecule has 0 spiro atoms. The van der Waals surface area contributed by atoms with E-state index in [2.05, 4.69) is 9.97 Å². The third-order valence-corrected chi connectivity index (χ3v) is 6.20. The quantitative estimate of drug-likeness (QED) is 0.770. The molecule has 0 aromatic carbocycles. The highest BCUT2D eigenvalue weighted by molar-refractivity contribution is 7.89. The molecule has 0 amide bonds. The van der Waals surface area contributed by atoms with Crippen LogP contribution in [0.1, 0.15) is 38.3 Å². The Morgan fingerprint density at radius 1 is 1.29 bits per heavy atom. The number of fused-ring (bicyclic) bond motifs is 1. The molecule has 1 fully saturated rings. The van der Waals surface area contributed by atoms with Crippen molar-refractivity contribution in [2.45, 2.75) is 43.6 Å². The van der Waals surface area contributed by atoms with Crippen LogP contribution in [0.3, 0.4) is 0 Å². The summed E-state index contributed by atoms with van der Waals surface area (Å²) in [4.78, 5) is 8.26. The Morgan fingerprint density at radius 2 is 1.92 bits per heavy atom. The first-order chi connectivity index (χ1) is 11.1. The molecule has 1 aliphatic rings. The molecule has 24 heavy (non-hydrogen) atoms.